The molecule has 0 radical (unpaired) electrons. The second-order valence-corrected chi connectivity index (χ2v) is 18.3. The first-order chi connectivity index (χ1) is 30.4. The molecule has 10 rings (SSSR count). The number of phenolic OH excluding ortho intramolecular Hbond substituents is 1. The summed E-state index contributed by atoms with van der Waals surface area (Å²) in [7, 11) is 2.95. The number of rotatable bonds is 8. The van der Waals surface area contributed by atoms with Gasteiger partial charge in [0.05, 0.1) is 58.3 Å². The maximum Gasteiger partial charge on any atom is 0.260 e. The summed E-state index contributed by atoms with van der Waals surface area (Å²) in [5.74, 6) is -5.37. The Labute approximate surface area is 387 Å². The molecule has 6 aromatic rings. The van der Waals surface area contributed by atoms with Gasteiger partial charge in [0, 0.05) is 21.0 Å². The van der Waals surface area contributed by atoms with Crippen LogP contribution in [-0.4, -0.2) is 52.9 Å². The number of hydrogen-bond acceptors (Lipinski definition) is 10. The van der Waals surface area contributed by atoms with Crippen molar-refractivity contribution in [2.45, 2.75) is 24.2 Å². The number of aromatic hydroxyl groups is 1. The summed E-state index contributed by atoms with van der Waals surface area (Å²) in [5, 5.41) is 12.7. The number of benzene rings is 5. The van der Waals surface area contributed by atoms with Crippen molar-refractivity contribution in [2.24, 2.45) is 23.7 Å². The molecule has 63 heavy (non-hydrogen) atoms. The zero-order valence-electron chi connectivity index (χ0n) is 33.3. The summed E-state index contributed by atoms with van der Waals surface area (Å²) in [4.78, 5) is 66.2. The zero-order chi connectivity index (χ0) is 44.1. The number of anilines is 2. The Hall–Kier alpha value is -5.67. The number of aromatic nitrogens is 1. The van der Waals surface area contributed by atoms with Gasteiger partial charge in [-0.1, -0.05) is 59.1 Å². The second kappa shape index (κ2) is 15.5. The Morgan fingerprint density at radius 2 is 1.60 bits per heavy atom. The van der Waals surface area contributed by atoms with E-state index >= 15 is 9.59 Å². The number of fused-ring (bicyclic) bond motifs is 5. The van der Waals surface area contributed by atoms with Gasteiger partial charge in [0.25, 0.3) is 11.8 Å². The number of amides is 4. The van der Waals surface area contributed by atoms with Gasteiger partial charge in [-0.15, -0.1) is 0 Å². The highest BCUT2D eigenvalue weighted by molar-refractivity contribution is 9.13. The summed E-state index contributed by atoms with van der Waals surface area (Å²) in [6.45, 7) is 0. The number of phenols is 1. The van der Waals surface area contributed by atoms with Crippen LogP contribution in [0.3, 0.4) is 0 Å². The number of methoxy groups -OCH3 is 2. The van der Waals surface area contributed by atoms with Crippen LogP contribution in [0, 0.1) is 23.7 Å². The van der Waals surface area contributed by atoms with Crippen LogP contribution in [0.1, 0.15) is 29.9 Å². The van der Waals surface area contributed by atoms with Crippen molar-refractivity contribution in [3.8, 4) is 28.7 Å². The Bertz CT molecular complexity index is 2930. The molecule has 318 valence electrons. The number of oxazole rings is 1. The zero-order valence-corrected chi connectivity index (χ0v) is 38.0. The molecule has 4 amide bonds. The first-order valence-electron chi connectivity index (χ1n) is 19.9. The van der Waals surface area contributed by atoms with Crippen molar-refractivity contribution in [1.82, 2.24) is 9.99 Å². The number of hydrogen-bond donors (Lipinski definition) is 2. The fraction of sp³-hybridized carbons (Fsp3) is 0.213. The van der Waals surface area contributed by atoms with E-state index in [0.717, 1.165) is 5.01 Å². The Balaban J connectivity index is 1.12. The largest absolute Gasteiger partial charge is 0.503 e. The predicted molar refractivity (Wildman–Crippen MR) is 243 cm³/mol. The van der Waals surface area contributed by atoms with Gasteiger partial charge in [-0.25, -0.2) is 4.98 Å². The smallest absolute Gasteiger partial charge is 0.260 e. The van der Waals surface area contributed by atoms with E-state index < -0.39 is 52.7 Å². The standard InChI is InChI=1S/C47H34Br2Cl2N4O8/c1-61-26-14-9-23(10-15-26)47-31(44(58)55(46(47)60)53-33-18-11-24(50)19-32(33)51)20-29-27(38(47)30-21-36(62-2)41(56)40(49)39(30)48)16-17-28-37(29)45(59)54(43(28)57)25-12-7-22(8-13-25)42-52-34-5-3-4-6-35(34)63-42/h3-16,18-19,21,28-29,31,37-38,53,56H,17,20H2,1-2H3/t28-,29+,31-,37-,38+,47+/m0/s1. The first-order valence-corrected chi connectivity index (χ1v) is 22.2. The van der Waals surface area contributed by atoms with Gasteiger partial charge < -0.3 is 19.0 Å². The molecule has 2 aliphatic carbocycles. The van der Waals surface area contributed by atoms with Crippen LogP contribution in [0.15, 0.2) is 122 Å². The summed E-state index contributed by atoms with van der Waals surface area (Å²) in [6, 6.07) is 27.7. The molecule has 1 saturated carbocycles. The average Bonchev–Trinajstić information content (AvgIpc) is 3.91. The van der Waals surface area contributed by atoms with Gasteiger partial charge >= 0.3 is 0 Å². The van der Waals surface area contributed by atoms with Crippen LogP contribution >= 0.6 is 55.1 Å². The lowest BCUT2D eigenvalue weighted by molar-refractivity contribution is -0.138. The second-order valence-electron chi connectivity index (χ2n) is 15.9. The van der Waals surface area contributed by atoms with E-state index in [-0.39, 0.29) is 45.4 Å². The van der Waals surface area contributed by atoms with E-state index in [0.29, 0.717) is 60.2 Å². The van der Waals surface area contributed by atoms with E-state index in [2.05, 4.69) is 42.3 Å². The first kappa shape index (κ1) is 41.3. The van der Waals surface area contributed by atoms with Crippen molar-refractivity contribution in [3.63, 3.8) is 0 Å². The third-order valence-electron chi connectivity index (χ3n) is 13.0. The number of carbonyl (C=O) groups is 4. The number of hydrazine groups is 1. The Kier molecular flexibility index (Phi) is 10.2. The van der Waals surface area contributed by atoms with Crippen LogP contribution in [0.4, 0.5) is 11.4 Å². The van der Waals surface area contributed by atoms with Gasteiger partial charge in [-0.3, -0.25) is 29.5 Å². The Morgan fingerprint density at radius 1 is 0.857 bits per heavy atom. The highest BCUT2D eigenvalue weighted by Crippen LogP contribution is 2.66. The van der Waals surface area contributed by atoms with Crippen molar-refractivity contribution in [2.75, 3.05) is 24.5 Å². The normalized spacial score (nSPS) is 24.0. The minimum atomic E-state index is -1.65. The van der Waals surface area contributed by atoms with Crippen molar-refractivity contribution in [3.05, 3.63) is 139 Å². The number of nitrogens with zero attached hydrogens (tertiary/aromatic N) is 3. The monoisotopic (exact) mass is 1010 g/mol. The maximum absolute atomic E-state index is 15.7. The number of nitrogens with one attached hydrogen (secondary N) is 1. The predicted octanol–water partition coefficient (Wildman–Crippen LogP) is 10.2. The average molecular weight is 1010 g/mol. The minimum absolute atomic E-state index is 0.0458. The van der Waals surface area contributed by atoms with E-state index in [4.69, 9.17) is 37.1 Å². The molecule has 4 aliphatic rings. The van der Waals surface area contributed by atoms with Crippen molar-refractivity contribution in [1.29, 1.82) is 0 Å². The van der Waals surface area contributed by atoms with Gasteiger partial charge in [0.2, 0.25) is 17.7 Å². The van der Waals surface area contributed by atoms with Crippen molar-refractivity contribution >= 4 is 101 Å². The number of carbonyl (C=O) groups excluding carboxylic acids is 4. The molecule has 1 aromatic heterocycles. The number of imide groups is 2. The molecular weight excluding hydrogens is 979 g/mol. The molecule has 2 aliphatic heterocycles. The molecule has 0 unspecified atom stereocenters. The summed E-state index contributed by atoms with van der Waals surface area (Å²) < 4.78 is 17.8. The van der Waals surface area contributed by atoms with Crippen LogP contribution in [0.25, 0.3) is 22.6 Å². The molecule has 12 nitrogen and oxygen atoms in total. The van der Waals surface area contributed by atoms with Gasteiger partial charge in [0.15, 0.2) is 17.1 Å². The van der Waals surface area contributed by atoms with Crippen LogP contribution < -0.4 is 19.8 Å². The summed E-state index contributed by atoms with van der Waals surface area (Å²) >= 11 is 20.1. The molecule has 3 heterocycles. The molecule has 6 atom stereocenters. The molecule has 5 aromatic carbocycles. The van der Waals surface area contributed by atoms with E-state index in [1.165, 1.54) is 25.2 Å². The van der Waals surface area contributed by atoms with Gasteiger partial charge in [0.1, 0.15) is 11.3 Å². The highest BCUT2D eigenvalue weighted by Gasteiger charge is 2.70. The molecular formula is C47H34Br2Cl2N4O8. The summed E-state index contributed by atoms with van der Waals surface area (Å²) in [6.07, 6.45) is 2.19. The van der Waals surface area contributed by atoms with Gasteiger partial charge in [-0.2, -0.15) is 5.01 Å². The fourth-order valence-corrected chi connectivity index (χ4v) is 11.6. The molecule has 2 N–H and O–H groups in total. The minimum Gasteiger partial charge on any atom is -0.503 e. The maximum atomic E-state index is 15.7. The molecule has 2 saturated heterocycles. The SMILES string of the molecule is COc1ccc([C@@]23C(=O)N(Nc4ccc(Cl)cc4Cl)C(=O)[C@@H]2C[C@@H]2C(=CC[C@@H]4C(=O)N(c5ccc(-c6nc7ccccc7o6)cc5)C(=O)[C@@H]42)[C@@H]3c2cc(OC)c(O)c(Br)c2Br)cc1. The Morgan fingerprint density at radius 3 is 2.30 bits per heavy atom. The number of para-hydroxylation sites is 2. The molecule has 3 fully saturated rings. The lowest BCUT2D eigenvalue weighted by Gasteiger charge is -2.51. The van der Waals surface area contributed by atoms with E-state index in [9.17, 15) is 14.7 Å². The van der Waals surface area contributed by atoms with E-state index in [1.54, 1.807) is 66.7 Å². The number of allylic oxidation sites excluding steroid dienone is 2. The quantitative estimate of drug-likeness (QED) is 0.111. The number of halogens is 4. The summed E-state index contributed by atoms with van der Waals surface area (Å²) in [5.41, 5.74) is 5.73. The topological polar surface area (TPSA) is 152 Å². The molecule has 0 spiro atoms. The fourth-order valence-electron chi connectivity index (χ4n) is 10.2. The molecule has 0 bridgehead atoms. The van der Waals surface area contributed by atoms with Crippen LogP contribution in [-0.2, 0) is 24.6 Å². The van der Waals surface area contributed by atoms with Crippen LogP contribution in [0.2, 0.25) is 10.0 Å². The van der Waals surface area contributed by atoms with E-state index in [1.807, 2.05) is 30.3 Å². The third-order valence-corrected chi connectivity index (χ3v) is 15.7. The number of ether oxygens (including phenoxy) is 2. The highest BCUT2D eigenvalue weighted by atomic mass is 79.9. The lowest BCUT2D eigenvalue weighted by atomic mass is 9.49. The lowest BCUT2D eigenvalue weighted by Crippen LogP contribution is -2.53. The molecule has 16 heteroatoms. The van der Waals surface area contributed by atoms with Gasteiger partial charge in [-0.05, 0) is 135 Å². The third kappa shape index (κ3) is 6.23. The van der Waals surface area contributed by atoms with Crippen LogP contribution in [0.5, 0.6) is 17.2 Å². The van der Waals surface area contributed by atoms with Crippen molar-refractivity contribution < 1.29 is 38.2 Å².